The first-order valence-electron chi connectivity index (χ1n) is 10.3. The van der Waals surface area contributed by atoms with Crippen molar-refractivity contribution in [1.29, 1.82) is 0 Å². The van der Waals surface area contributed by atoms with Crippen molar-refractivity contribution >= 4 is 11.8 Å². The summed E-state index contributed by atoms with van der Waals surface area (Å²) >= 11 is 0. The van der Waals surface area contributed by atoms with Crippen molar-refractivity contribution in [3.05, 3.63) is 0 Å². The van der Waals surface area contributed by atoms with E-state index < -0.39 is 0 Å². The van der Waals surface area contributed by atoms with Crippen molar-refractivity contribution in [2.24, 2.45) is 17.8 Å². The molecule has 2 aliphatic rings. The van der Waals surface area contributed by atoms with Gasteiger partial charge in [0.25, 0.3) is 0 Å². The summed E-state index contributed by atoms with van der Waals surface area (Å²) in [6.07, 6.45) is 5.50. The van der Waals surface area contributed by atoms with Crippen LogP contribution in [-0.2, 0) is 9.59 Å². The molecule has 25 heavy (non-hydrogen) atoms. The zero-order valence-electron chi connectivity index (χ0n) is 16.4. The van der Waals surface area contributed by atoms with Crippen LogP contribution < -0.4 is 5.32 Å². The summed E-state index contributed by atoms with van der Waals surface area (Å²) in [6, 6.07) is 0. The third-order valence-electron chi connectivity index (χ3n) is 6.11. The van der Waals surface area contributed by atoms with Crippen molar-refractivity contribution in [1.82, 2.24) is 15.1 Å². The first-order valence-corrected chi connectivity index (χ1v) is 10.3. The lowest BCUT2D eigenvalue weighted by atomic mass is 9.86. The average Bonchev–Trinajstić information content (AvgIpc) is 2.65. The van der Waals surface area contributed by atoms with Crippen LogP contribution in [-0.4, -0.2) is 60.9 Å². The second kappa shape index (κ2) is 10.1. The van der Waals surface area contributed by atoms with E-state index in [9.17, 15) is 9.59 Å². The zero-order valence-corrected chi connectivity index (χ0v) is 16.4. The van der Waals surface area contributed by atoms with Crippen LogP contribution >= 0.6 is 0 Å². The van der Waals surface area contributed by atoms with Crippen LogP contribution in [0.4, 0.5) is 0 Å². The third kappa shape index (κ3) is 6.28. The minimum absolute atomic E-state index is 0. The topological polar surface area (TPSA) is 52.7 Å². The summed E-state index contributed by atoms with van der Waals surface area (Å²) in [5, 5.41) is 3.04. The van der Waals surface area contributed by atoms with Gasteiger partial charge in [-0.2, -0.15) is 0 Å². The molecule has 0 spiro atoms. The number of amides is 2. The van der Waals surface area contributed by atoms with E-state index in [2.05, 4.69) is 31.0 Å². The molecule has 5 nitrogen and oxygen atoms in total. The molecule has 0 aromatic rings. The minimum atomic E-state index is 0. The van der Waals surface area contributed by atoms with Gasteiger partial charge in [0.05, 0.1) is 0 Å². The Morgan fingerprint density at radius 1 is 1.08 bits per heavy atom. The van der Waals surface area contributed by atoms with E-state index in [1.165, 1.54) is 0 Å². The van der Waals surface area contributed by atoms with E-state index in [1.807, 2.05) is 4.90 Å². The lowest BCUT2D eigenvalue weighted by Crippen LogP contribution is -2.41. The molecule has 2 aliphatic heterocycles. The number of hydrogen-bond donors (Lipinski definition) is 1. The summed E-state index contributed by atoms with van der Waals surface area (Å²) in [4.78, 5) is 28.9. The summed E-state index contributed by atoms with van der Waals surface area (Å²) in [6.45, 7) is 12.3. The molecule has 0 unspecified atom stereocenters. The van der Waals surface area contributed by atoms with Crippen LogP contribution in [0, 0.1) is 17.8 Å². The molecule has 0 atom stereocenters. The van der Waals surface area contributed by atoms with Gasteiger partial charge in [0, 0.05) is 33.4 Å². The van der Waals surface area contributed by atoms with Gasteiger partial charge in [-0.15, -0.1) is 0 Å². The van der Waals surface area contributed by atoms with Crippen LogP contribution in [0.5, 0.6) is 0 Å². The van der Waals surface area contributed by atoms with Gasteiger partial charge in [0.2, 0.25) is 11.8 Å². The Morgan fingerprint density at radius 3 is 2.28 bits per heavy atom. The van der Waals surface area contributed by atoms with Crippen molar-refractivity contribution in [2.45, 2.75) is 59.3 Å². The number of piperidine rings is 2. The average molecular weight is 354 g/mol. The van der Waals surface area contributed by atoms with E-state index in [4.69, 9.17) is 0 Å². The quantitative estimate of drug-likeness (QED) is 0.716. The SMILES string of the molecule is CCN1CCC(C(=O)NCCCC(=O)N2CCC(C(C)C)CC2)CC1.[HH]. The van der Waals surface area contributed by atoms with Gasteiger partial charge in [-0.1, -0.05) is 20.8 Å². The zero-order chi connectivity index (χ0) is 18.2. The number of rotatable bonds is 7. The van der Waals surface area contributed by atoms with Crippen molar-refractivity contribution in [2.75, 3.05) is 39.3 Å². The largest absolute Gasteiger partial charge is 0.356 e. The van der Waals surface area contributed by atoms with Crippen LogP contribution in [0.25, 0.3) is 0 Å². The van der Waals surface area contributed by atoms with E-state index in [0.717, 1.165) is 76.7 Å². The highest BCUT2D eigenvalue weighted by Gasteiger charge is 2.25. The smallest absolute Gasteiger partial charge is 0.223 e. The van der Waals surface area contributed by atoms with Crippen LogP contribution in [0.3, 0.4) is 0 Å². The number of carbonyl (C=O) groups excluding carboxylic acids is 2. The first-order chi connectivity index (χ1) is 12.0. The van der Waals surface area contributed by atoms with Gasteiger partial charge >= 0.3 is 0 Å². The number of likely N-dealkylation sites (tertiary alicyclic amines) is 2. The molecule has 2 rings (SSSR count). The molecule has 2 heterocycles. The lowest BCUT2D eigenvalue weighted by molar-refractivity contribution is -0.133. The normalized spacial score (nSPS) is 20.9. The highest BCUT2D eigenvalue weighted by Crippen LogP contribution is 2.24. The molecule has 146 valence electrons. The third-order valence-corrected chi connectivity index (χ3v) is 6.11. The Bertz CT molecular complexity index is 429. The van der Waals surface area contributed by atoms with E-state index >= 15 is 0 Å². The van der Waals surface area contributed by atoms with Crippen LogP contribution in [0.2, 0.25) is 0 Å². The second-order valence-corrected chi connectivity index (χ2v) is 8.07. The van der Waals surface area contributed by atoms with E-state index in [-0.39, 0.29) is 19.2 Å². The fraction of sp³-hybridized carbons (Fsp3) is 0.900. The van der Waals surface area contributed by atoms with Gasteiger partial charge in [0.1, 0.15) is 0 Å². The molecule has 5 heteroatoms. The molecule has 1 N–H and O–H groups in total. The standard InChI is InChI=1S/C20H37N3O2.H2/c1-4-22-12-7-18(8-13-22)20(25)21-11-5-6-19(24)23-14-9-17(10-15-23)16(2)3;/h16-18H,4-15H2,1-3H3,(H,21,25);1H. The summed E-state index contributed by atoms with van der Waals surface area (Å²) < 4.78 is 0. The maximum atomic E-state index is 12.3. The Balaban J connectivity index is 0.00000338. The maximum absolute atomic E-state index is 12.3. The fourth-order valence-electron chi connectivity index (χ4n) is 4.08. The van der Waals surface area contributed by atoms with Crippen molar-refractivity contribution in [3.8, 4) is 0 Å². The van der Waals surface area contributed by atoms with Crippen molar-refractivity contribution < 1.29 is 11.0 Å². The summed E-state index contributed by atoms with van der Waals surface area (Å²) in [5.41, 5.74) is 0. The summed E-state index contributed by atoms with van der Waals surface area (Å²) in [5.74, 6) is 2.08. The van der Waals surface area contributed by atoms with Crippen molar-refractivity contribution in [3.63, 3.8) is 0 Å². The molecule has 0 saturated carbocycles. The molecule has 0 aliphatic carbocycles. The fourth-order valence-corrected chi connectivity index (χ4v) is 4.08. The number of carbonyl (C=O) groups is 2. The number of hydrogen-bond acceptors (Lipinski definition) is 3. The molecule has 0 aromatic carbocycles. The van der Waals surface area contributed by atoms with Gasteiger partial charge in [0.15, 0.2) is 0 Å². The molecule has 2 amide bonds. The first kappa shape index (κ1) is 20.2. The molecular weight excluding hydrogens is 314 g/mol. The van der Waals surface area contributed by atoms with Crippen LogP contribution in [0.1, 0.15) is 60.7 Å². The minimum Gasteiger partial charge on any atom is -0.356 e. The molecule has 0 bridgehead atoms. The second-order valence-electron chi connectivity index (χ2n) is 8.07. The highest BCUT2D eigenvalue weighted by atomic mass is 16.2. The molecule has 0 aromatic heterocycles. The molecular formula is C20H39N3O2. The number of nitrogens with one attached hydrogen (secondary N) is 1. The Labute approximate surface area is 155 Å². The molecule has 0 radical (unpaired) electrons. The van der Waals surface area contributed by atoms with Gasteiger partial charge < -0.3 is 15.1 Å². The Hall–Kier alpha value is -1.10. The lowest BCUT2D eigenvalue weighted by Gasteiger charge is -2.34. The van der Waals surface area contributed by atoms with Gasteiger partial charge in [-0.3, -0.25) is 9.59 Å². The van der Waals surface area contributed by atoms with Gasteiger partial charge in [-0.05, 0) is 63.6 Å². The van der Waals surface area contributed by atoms with E-state index in [1.54, 1.807) is 0 Å². The van der Waals surface area contributed by atoms with E-state index in [0.29, 0.717) is 13.0 Å². The highest BCUT2D eigenvalue weighted by molar-refractivity contribution is 5.79. The Morgan fingerprint density at radius 2 is 1.72 bits per heavy atom. The predicted molar refractivity (Wildman–Crippen MR) is 103 cm³/mol. The maximum Gasteiger partial charge on any atom is 0.223 e. The molecule has 2 saturated heterocycles. The predicted octanol–water partition coefficient (Wildman–Crippen LogP) is 2.76. The monoisotopic (exact) mass is 353 g/mol. The Kier molecular flexibility index (Phi) is 8.20. The molecule has 2 fully saturated rings. The van der Waals surface area contributed by atoms with Gasteiger partial charge in [-0.25, -0.2) is 0 Å². The van der Waals surface area contributed by atoms with Crippen LogP contribution in [0.15, 0.2) is 0 Å². The summed E-state index contributed by atoms with van der Waals surface area (Å²) in [7, 11) is 0. The number of nitrogens with zero attached hydrogens (tertiary/aromatic N) is 2.